The van der Waals surface area contributed by atoms with Crippen molar-refractivity contribution in [1.29, 1.82) is 0 Å². The van der Waals surface area contributed by atoms with Crippen LogP contribution < -0.4 is 8.92 Å². The first-order valence-corrected chi connectivity index (χ1v) is 11.8. The smallest absolute Gasteiger partial charge is 0.342 e. The molecule has 1 aliphatic rings. The lowest BCUT2D eigenvalue weighted by Gasteiger charge is -2.20. The third-order valence-electron chi connectivity index (χ3n) is 5.26. The highest BCUT2D eigenvalue weighted by atomic mass is 32.2. The highest BCUT2D eigenvalue weighted by Gasteiger charge is 2.25. The zero-order valence-corrected chi connectivity index (χ0v) is 19.7. The van der Waals surface area contributed by atoms with E-state index in [-0.39, 0.29) is 47.5 Å². The molecule has 0 saturated carbocycles. The van der Waals surface area contributed by atoms with Gasteiger partial charge in [0.2, 0.25) is 0 Å². The molecule has 3 aromatic carbocycles. The maximum absolute atomic E-state index is 12.9. The number of carbonyl (C=O) groups excluding carboxylic acids is 1. The predicted molar refractivity (Wildman–Crippen MR) is 123 cm³/mol. The molecule has 1 heterocycles. The standard InChI is InChI=1S/C24H21NO9S/c1-15-7-8-16(2)22(9-15)35(29,30)34-21-6-4-3-5-20(21)24(26)32-13-18-11-19(25(27)28)10-17-12-31-14-33-23(17)18/h3-11H,12-14H2,1-2H3. The van der Waals surface area contributed by atoms with Gasteiger partial charge in [-0.25, -0.2) is 4.79 Å². The fourth-order valence-corrected chi connectivity index (χ4v) is 4.83. The molecule has 182 valence electrons. The van der Waals surface area contributed by atoms with E-state index in [4.69, 9.17) is 18.4 Å². The van der Waals surface area contributed by atoms with E-state index in [1.54, 1.807) is 26.0 Å². The van der Waals surface area contributed by atoms with Crippen molar-refractivity contribution in [3.8, 4) is 11.5 Å². The summed E-state index contributed by atoms with van der Waals surface area (Å²) in [6.07, 6.45) is 0. The molecule has 0 bridgehead atoms. The summed E-state index contributed by atoms with van der Waals surface area (Å²) in [6.45, 7) is 3.12. The number of fused-ring (bicyclic) bond motifs is 1. The monoisotopic (exact) mass is 499 g/mol. The number of hydrogen-bond acceptors (Lipinski definition) is 9. The second-order valence-corrected chi connectivity index (χ2v) is 9.35. The van der Waals surface area contributed by atoms with Gasteiger partial charge in [-0.15, -0.1) is 0 Å². The number of carbonyl (C=O) groups is 1. The average Bonchev–Trinajstić information content (AvgIpc) is 2.83. The van der Waals surface area contributed by atoms with Crippen LogP contribution in [-0.4, -0.2) is 26.1 Å². The quantitative estimate of drug-likeness (QED) is 0.203. The number of hydrogen-bond donors (Lipinski definition) is 0. The molecule has 0 amide bonds. The Bertz CT molecular complexity index is 1420. The molecule has 0 radical (unpaired) electrons. The number of esters is 1. The van der Waals surface area contributed by atoms with E-state index in [2.05, 4.69) is 0 Å². The Morgan fingerprint density at radius 2 is 1.89 bits per heavy atom. The molecule has 0 atom stereocenters. The Labute approximate surface area is 201 Å². The van der Waals surface area contributed by atoms with Gasteiger partial charge in [-0.1, -0.05) is 24.3 Å². The molecule has 4 rings (SSSR count). The number of ether oxygens (including phenoxy) is 3. The van der Waals surface area contributed by atoms with Crippen molar-refractivity contribution in [2.75, 3.05) is 6.79 Å². The Morgan fingerprint density at radius 3 is 2.66 bits per heavy atom. The largest absolute Gasteiger partial charge is 0.467 e. The zero-order valence-electron chi connectivity index (χ0n) is 18.8. The fourth-order valence-electron chi connectivity index (χ4n) is 3.56. The van der Waals surface area contributed by atoms with E-state index in [1.807, 2.05) is 0 Å². The molecule has 0 saturated heterocycles. The Morgan fingerprint density at radius 1 is 1.11 bits per heavy atom. The van der Waals surface area contributed by atoms with Gasteiger partial charge in [0.05, 0.1) is 11.5 Å². The van der Waals surface area contributed by atoms with Crippen LogP contribution in [0.2, 0.25) is 0 Å². The highest BCUT2D eigenvalue weighted by molar-refractivity contribution is 7.87. The summed E-state index contributed by atoms with van der Waals surface area (Å²) in [6, 6.07) is 13.3. The topological polar surface area (TPSA) is 131 Å². The van der Waals surface area contributed by atoms with E-state index in [9.17, 15) is 23.3 Å². The molecule has 0 unspecified atom stereocenters. The molecule has 11 heteroatoms. The van der Waals surface area contributed by atoms with Gasteiger partial charge in [-0.2, -0.15) is 8.42 Å². The van der Waals surface area contributed by atoms with E-state index in [0.29, 0.717) is 16.9 Å². The molecule has 0 aromatic heterocycles. The van der Waals surface area contributed by atoms with Gasteiger partial charge in [0, 0.05) is 23.3 Å². The first-order chi connectivity index (χ1) is 16.7. The van der Waals surface area contributed by atoms with E-state index < -0.39 is 21.0 Å². The molecule has 0 fully saturated rings. The summed E-state index contributed by atoms with van der Waals surface area (Å²) >= 11 is 0. The van der Waals surface area contributed by atoms with Crippen LogP contribution in [0.15, 0.2) is 59.5 Å². The number of para-hydroxylation sites is 1. The summed E-state index contributed by atoms with van der Waals surface area (Å²) in [5, 5.41) is 11.3. The Hall–Kier alpha value is -3.96. The zero-order chi connectivity index (χ0) is 25.2. The van der Waals surface area contributed by atoms with Crippen molar-refractivity contribution < 1.29 is 36.5 Å². The van der Waals surface area contributed by atoms with Crippen molar-refractivity contribution >= 4 is 21.8 Å². The molecule has 35 heavy (non-hydrogen) atoms. The summed E-state index contributed by atoms with van der Waals surface area (Å²) in [7, 11) is -4.23. The van der Waals surface area contributed by atoms with Gasteiger partial charge in [-0.3, -0.25) is 10.1 Å². The number of rotatable bonds is 7. The second kappa shape index (κ2) is 9.72. The van der Waals surface area contributed by atoms with Crippen LogP contribution in [0, 0.1) is 24.0 Å². The van der Waals surface area contributed by atoms with Crippen LogP contribution in [0.5, 0.6) is 11.5 Å². The number of non-ortho nitro benzene ring substituents is 1. The lowest BCUT2D eigenvalue weighted by atomic mass is 10.1. The summed E-state index contributed by atoms with van der Waals surface area (Å²) in [4.78, 5) is 23.6. The first-order valence-electron chi connectivity index (χ1n) is 10.4. The number of nitro benzene ring substituents is 1. The van der Waals surface area contributed by atoms with Crippen molar-refractivity contribution in [3.63, 3.8) is 0 Å². The minimum Gasteiger partial charge on any atom is -0.467 e. The third-order valence-corrected chi connectivity index (χ3v) is 6.64. The van der Waals surface area contributed by atoms with Crippen molar-refractivity contribution in [2.45, 2.75) is 32.0 Å². The SMILES string of the molecule is Cc1ccc(C)c(S(=O)(=O)Oc2ccccc2C(=O)OCc2cc([N+](=O)[O-])cc3c2OCOC3)c1. The van der Waals surface area contributed by atoms with Crippen LogP contribution in [0.4, 0.5) is 5.69 Å². The summed E-state index contributed by atoms with van der Waals surface area (Å²) in [5.41, 5.74) is 1.65. The van der Waals surface area contributed by atoms with Crippen molar-refractivity contribution in [1.82, 2.24) is 0 Å². The van der Waals surface area contributed by atoms with Gasteiger partial charge >= 0.3 is 16.1 Å². The number of benzene rings is 3. The third kappa shape index (κ3) is 5.26. The Balaban J connectivity index is 1.58. The van der Waals surface area contributed by atoms with Gasteiger partial charge in [0.25, 0.3) is 5.69 Å². The average molecular weight is 499 g/mol. The minimum absolute atomic E-state index is 0.0109. The lowest BCUT2D eigenvalue weighted by Crippen LogP contribution is -2.16. The summed E-state index contributed by atoms with van der Waals surface area (Å²) in [5.74, 6) is -0.732. The van der Waals surface area contributed by atoms with E-state index >= 15 is 0 Å². The molecule has 0 spiro atoms. The van der Waals surface area contributed by atoms with Gasteiger partial charge < -0.3 is 18.4 Å². The lowest BCUT2D eigenvalue weighted by molar-refractivity contribution is -0.385. The van der Waals surface area contributed by atoms with Crippen molar-refractivity contribution in [3.05, 3.63) is 92.5 Å². The van der Waals surface area contributed by atoms with E-state index in [1.165, 1.54) is 42.5 Å². The molecule has 0 N–H and O–H groups in total. The molecule has 0 aliphatic carbocycles. The number of nitro groups is 1. The molecule has 1 aliphatic heterocycles. The second-order valence-electron chi connectivity index (χ2n) is 7.84. The van der Waals surface area contributed by atoms with E-state index in [0.717, 1.165) is 5.56 Å². The van der Waals surface area contributed by atoms with Gasteiger partial charge in [0.1, 0.15) is 22.8 Å². The highest BCUT2D eigenvalue weighted by Crippen LogP contribution is 2.33. The molecule has 10 nitrogen and oxygen atoms in total. The number of aryl methyl sites for hydroxylation is 2. The van der Waals surface area contributed by atoms with Crippen LogP contribution >= 0.6 is 0 Å². The van der Waals surface area contributed by atoms with Crippen LogP contribution in [0.1, 0.15) is 32.6 Å². The molecular weight excluding hydrogens is 478 g/mol. The van der Waals surface area contributed by atoms with Crippen molar-refractivity contribution in [2.24, 2.45) is 0 Å². The van der Waals surface area contributed by atoms with Crippen LogP contribution in [0.3, 0.4) is 0 Å². The maximum Gasteiger partial charge on any atom is 0.342 e. The summed E-state index contributed by atoms with van der Waals surface area (Å²) < 4.78 is 47.1. The Kier molecular flexibility index (Phi) is 6.72. The first kappa shape index (κ1) is 24.2. The molecule has 3 aromatic rings. The maximum atomic E-state index is 12.9. The van der Waals surface area contributed by atoms with Gasteiger partial charge in [0.15, 0.2) is 12.5 Å². The van der Waals surface area contributed by atoms with Crippen LogP contribution in [-0.2, 0) is 32.8 Å². The van der Waals surface area contributed by atoms with Crippen LogP contribution in [0.25, 0.3) is 0 Å². The number of nitrogens with zero attached hydrogens (tertiary/aromatic N) is 1. The fraction of sp³-hybridized carbons (Fsp3) is 0.208. The normalized spacial score (nSPS) is 12.9. The predicted octanol–water partition coefficient (Wildman–Crippen LogP) is 4.20. The minimum atomic E-state index is -4.23. The molecular formula is C24H21NO9S. The van der Waals surface area contributed by atoms with Gasteiger partial charge in [-0.05, 0) is 43.2 Å².